The lowest BCUT2D eigenvalue weighted by molar-refractivity contribution is 0.474. The summed E-state index contributed by atoms with van der Waals surface area (Å²) in [6.07, 6.45) is 1.50. The number of benzene rings is 2. The van der Waals surface area contributed by atoms with Gasteiger partial charge in [0.15, 0.2) is 19.7 Å². The van der Waals surface area contributed by atoms with E-state index in [4.69, 9.17) is 4.55 Å². The highest BCUT2D eigenvalue weighted by Gasteiger charge is 2.53. The van der Waals surface area contributed by atoms with Gasteiger partial charge in [0.05, 0.1) is 4.90 Å². The van der Waals surface area contributed by atoms with E-state index in [2.05, 4.69) is 0 Å². The molecule has 2 aromatic rings. The number of aromatic hydroxyl groups is 1. The Morgan fingerprint density at radius 1 is 0.692 bits per heavy atom. The molecule has 0 amide bonds. The lowest BCUT2D eigenvalue weighted by atomic mass is 10.0. The van der Waals surface area contributed by atoms with Crippen LogP contribution in [0.2, 0.25) is 0 Å². The fourth-order valence-electron chi connectivity index (χ4n) is 2.83. The van der Waals surface area contributed by atoms with Crippen LogP contribution in [0.25, 0.3) is 0 Å². The van der Waals surface area contributed by atoms with Gasteiger partial charge in [-0.2, -0.15) is 8.42 Å². The van der Waals surface area contributed by atoms with E-state index in [1.165, 1.54) is 0 Å². The van der Waals surface area contributed by atoms with Crippen LogP contribution in [0.15, 0.2) is 53.4 Å². The van der Waals surface area contributed by atoms with Crippen LogP contribution in [0, 0.1) is 0 Å². The second-order valence-corrected chi connectivity index (χ2v) is 11.7. The van der Waals surface area contributed by atoms with E-state index in [0.29, 0.717) is 0 Å². The smallest absolute Gasteiger partial charge is 0.294 e. The fourth-order valence-corrected chi connectivity index (χ4v) is 7.76. The minimum atomic E-state index is -4.54. The van der Waals surface area contributed by atoms with Gasteiger partial charge in [-0.25, -0.2) is 16.8 Å². The SMILES string of the molecule is CS(=O)(=O)C(c1ccc(O)cc1)(c1ccc(S(=O)(=O)O)cc1)S(C)(=O)=O. The van der Waals surface area contributed by atoms with E-state index >= 15 is 0 Å². The lowest BCUT2D eigenvalue weighted by Gasteiger charge is -2.31. The molecule has 0 aliphatic heterocycles. The molecular formula is C15H16O8S3. The van der Waals surface area contributed by atoms with Crippen LogP contribution >= 0.6 is 0 Å². The normalized spacial score (nSPS) is 13.5. The molecule has 0 spiro atoms. The highest BCUT2D eigenvalue weighted by molar-refractivity contribution is 8.09. The maximum absolute atomic E-state index is 12.7. The third kappa shape index (κ3) is 3.34. The summed E-state index contributed by atoms with van der Waals surface area (Å²) in [7, 11) is -13.2. The Morgan fingerprint density at radius 2 is 1.04 bits per heavy atom. The van der Waals surface area contributed by atoms with Gasteiger partial charge in [0.1, 0.15) is 5.75 Å². The van der Waals surface area contributed by atoms with Gasteiger partial charge in [0, 0.05) is 12.5 Å². The van der Waals surface area contributed by atoms with Crippen molar-refractivity contribution in [1.82, 2.24) is 0 Å². The maximum atomic E-state index is 12.7. The molecule has 0 unspecified atom stereocenters. The Labute approximate surface area is 151 Å². The fraction of sp³-hybridized carbons (Fsp3) is 0.200. The van der Waals surface area contributed by atoms with Crippen LogP contribution in [-0.2, 0) is 33.9 Å². The van der Waals surface area contributed by atoms with Gasteiger partial charge in [-0.05, 0) is 35.4 Å². The summed E-state index contributed by atoms with van der Waals surface area (Å²) in [5.41, 5.74) is -0.361. The van der Waals surface area contributed by atoms with Crippen LogP contribution in [0.3, 0.4) is 0 Å². The molecule has 0 radical (unpaired) electrons. The van der Waals surface area contributed by atoms with Crippen LogP contribution in [0.1, 0.15) is 11.1 Å². The van der Waals surface area contributed by atoms with E-state index < -0.39 is 38.8 Å². The van der Waals surface area contributed by atoms with Crippen LogP contribution in [0.5, 0.6) is 5.75 Å². The van der Waals surface area contributed by atoms with Gasteiger partial charge >= 0.3 is 0 Å². The lowest BCUT2D eigenvalue weighted by Crippen LogP contribution is -2.43. The zero-order chi connectivity index (χ0) is 20.0. The summed E-state index contributed by atoms with van der Waals surface area (Å²) in [5.74, 6) is -0.189. The van der Waals surface area contributed by atoms with Gasteiger partial charge in [-0.15, -0.1) is 0 Å². The molecule has 142 valence electrons. The first kappa shape index (κ1) is 20.4. The Balaban J connectivity index is 2.95. The number of sulfone groups is 2. The zero-order valence-electron chi connectivity index (χ0n) is 13.7. The highest BCUT2D eigenvalue weighted by Crippen LogP contribution is 2.42. The number of phenols is 1. The molecule has 0 saturated heterocycles. The van der Waals surface area contributed by atoms with E-state index in [1.807, 2.05) is 0 Å². The van der Waals surface area contributed by atoms with E-state index in [9.17, 15) is 30.4 Å². The van der Waals surface area contributed by atoms with E-state index in [0.717, 1.165) is 61.0 Å². The molecule has 0 heterocycles. The summed E-state index contributed by atoms with van der Waals surface area (Å²) in [6.45, 7) is 0. The van der Waals surface area contributed by atoms with E-state index in [-0.39, 0.29) is 16.9 Å². The maximum Gasteiger partial charge on any atom is 0.294 e. The van der Waals surface area contributed by atoms with E-state index in [1.54, 1.807) is 0 Å². The van der Waals surface area contributed by atoms with Crippen molar-refractivity contribution in [2.75, 3.05) is 12.5 Å². The van der Waals surface area contributed by atoms with Gasteiger partial charge in [0.2, 0.25) is 4.08 Å². The zero-order valence-corrected chi connectivity index (χ0v) is 16.1. The minimum absolute atomic E-state index is 0.139. The molecule has 2 rings (SSSR count). The molecule has 26 heavy (non-hydrogen) atoms. The summed E-state index contributed by atoms with van der Waals surface area (Å²) in [6, 6.07) is 8.46. The van der Waals surface area contributed by atoms with Crippen molar-refractivity contribution in [3.05, 3.63) is 59.7 Å². The van der Waals surface area contributed by atoms with Crippen molar-refractivity contribution >= 4 is 29.8 Å². The molecule has 8 nitrogen and oxygen atoms in total. The molecule has 2 N–H and O–H groups in total. The second-order valence-electron chi connectivity index (χ2n) is 5.71. The topological polar surface area (TPSA) is 143 Å². The Kier molecular flexibility index (Phi) is 4.96. The first-order valence-corrected chi connectivity index (χ1v) is 12.2. The number of hydrogen-bond donors (Lipinski definition) is 2. The van der Waals surface area contributed by atoms with Crippen molar-refractivity contribution in [2.24, 2.45) is 0 Å². The first-order chi connectivity index (χ1) is 11.7. The number of rotatable bonds is 5. The number of hydrogen-bond acceptors (Lipinski definition) is 7. The molecule has 0 fully saturated rings. The van der Waals surface area contributed by atoms with Gasteiger partial charge in [-0.3, -0.25) is 4.55 Å². The molecular weight excluding hydrogens is 404 g/mol. The monoisotopic (exact) mass is 420 g/mol. The van der Waals surface area contributed by atoms with Gasteiger partial charge in [0.25, 0.3) is 10.1 Å². The van der Waals surface area contributed by atoms with Gasteiger partial charge < -0.3 is 5.11 Å². The van der Waals surface area contributed by atoms with Crippen molar-refractivity contribution < 1.29 is 34.9 Å². The molecule has 0 aliphatic rings. The molecule has 0 saturated carbocycles. The second kappa shape index (κ2) is 6.34. The molecule has 0 aliphatic carbocycles. The first-order valence-electron chi connectivity index (χ1n) is 6.98. The summed E-state index contributed by atoms with van der Waals surface area (Å²) < 4.78 is 79.5. The summed E-state index contributed by atoms with van der Waals surface area (Å²) >= 11 is 0. The Bertz CT molecular complexity index is 1100. The summed E-state index contributed by atoms with van der Waals surface area (Å²) in [4.78, 5) is -0.511. The number of phenolic OH excluding ortho intramolecular Hbond substituents is 1. The van der Waals surface area contributed by atoms with Crippen molar-refractivity contribution in [3.63, 3.8) is 0 Å². The minimum Gasteiger partial charge on any atom is -0.508 e. The standard InChI is InChI=1S/C15H16O8S3/c1-24(17,18)15(25(2,19)20,11-3-7-13(16)8-4-11)12-5-9-14(10-6-12)26(21,22)23/h3-10,16H,1-2H3,(H,21,22,23). The summed E-state index contributed by atoms with van der Waals surface area (Å²) in [5, 5.41) is 9.43. The van der Waals surface area contributed by atoms with Crippen LogP contribution in [-0.4, -0.2) is 47.4 Å². The van der Waals surface area contributed by atoms with Crippen molar-refractivity contribution in [1.29, 1.82) is 0 Å². The van der Waals surface area contributed by atoms with Crippen molar-refractivity contribution in [2.45, 2.75) is 8.97 Å². The Morgan fingerprint density at radius 3 is 1.35 bits per heavy atom. The molecule has 2 aromatic carbocycles. The molecule has 0 atom stereocenters. The van der Waals surface area contributed by atoms with Crippen LogP contribution < -0.4 is 0 Å². The highest BCUT2D eigenvalue weighted by atomic mass is 32.3. The largest absolute Gasteiger partial charge is 0.508 e. The molecule has 11 heteroatoms. The average molecular weight is 420 g/mol. The predicted octanol–water partition coefficient (Wildman–Crippen LogP) is 0.929. The quantitative estimate of drug-likeness (QED) is 0.680. The third-order valence-corrected chi connectivity index (χ3v) is 9.54. The Hall–Kier alpha value is -1.95. The third-order valence-electron chi connectivity index (χ3n) is 3.82. The molecule has 0 bridgehead atoms. The predicted molar refractivity (Wildman–Crippen MR) is 94.8 cm³/mol. The average Bonchev–Trinajstić information content (AvgIpc) is 2.46. The molecule has 0 aromatic heterocycles. The van der Waals surface area contributed by atoms with Crippen molar-refractivity contribution in [3.8, 4) is 5.75 Å². The van der Waals surface area contributed by atoms with Gasteiger partial charge in [-0.1, -0.05) is 24.3 Å². The van der Waals surface area contributed by atoms with Crippen LogP contribution in [0.4, 0.5) is 0 Å².